The summed E-state index contributed by atoms with van der Waals surface area (Å²) in [5.74, 6) is 0. The Labute approximate surface area is 127 Å². The maximum Gasteiger partial charge on any atom is 0.416 e. The van der Waals surface area contributed by atoms with Gasteiger partial charge in [-0.1, -0.05) is 32.4 Å². The van der Waals surface area contributed by atoms with Crippen LogP contribution in [0, 0.1) is 5.41 Å². The van der Waals surface area contributed by atoms with E-state index >= 15 is 0 Å². The number of halogens is 4. The van der Waals surface area contributed by atoms with Gasteiger partial charge in [-0.2, -0.15) is 13.2 Å². The maximum atomic E-state index is 13.2. The lowest BCUT2D eigenvalue weighted by Crippen LogP contribution is -2.21. The van der Waals surface area contributed by atoms with Gasteiger partial charge in [0.05, 0.1) is 5.56 Å². The molecule has 0 fully saturated rings. The Morgan fingerprint density at radius 3 is 2.38 bits per heavy atom. The van der Waals surface area contributed by atoms with Gasteiger partial charge in [0.2, 0.25) is 0 Å². The molecule has 0 spiro atoms. The first kappa shape index (κ1) is 16.1. The molecule has 0 aliphatic carbocycles. The van der Waals surface area contributed by atoms with Gasteiger partial charge in [0.1, 0.15) is 0 Å². The monoisotopic (exact) mass is 315 g/mol. The van der Waals surface area contributed by atoms with E-state index < -0.39 is 11.7 Å². The van der Waals surface area contributed by atoms with Crippen LogP contribution in [0.4, 0.5) is 13.2 Å². The Hall–Kier alpha value is -1.29. The first-order chi connectivity index (χ1) is 9.59. The van der Waals surface area contributed by atoms with Gasteiger partial charge in [0, 0.05) is 22.7 Å². The fraction of sp³-hybridized carbons (Fsp3) is 0.438. The van der Waals surface area contributed by atoms with Crippen molar-refractivity contribution in [3.05, 3.63) is 40.4 Å². The molecule has 0 aromatic heterocycles. The van der Waals surface area contributed by atoms with E-state index in [4.69, 9.17) is 11.6 Å². The van der Waals surface area contributed by atoms with Crippen molar-refractivity contribution in [3.8, 4) is 0 Å². The highest BCUT2D eigenvalue weighted by molar-refractivity contribution is 6.30. The van der Waals surface area contributed by atoms with Crippen LogP contribution in [0.2, 0.25) is 5.02 Å². The van der Waals surface area contributed by atoms with Gasteiger partial charge >= 0.3 is 6.18 Å². The maximum absolute atomic E-state index is 13.2. The predicted molar refractivity (Wildman–Crippen MR) is 80.8 cm³/mol. The van der Waals surface area contributed by atoms with Crippen molar-refractivity contribution in [2.24, 2.45) is 10.4 Å². The molecule has 1 aliphatic heterocycles. The molecule has 0 amide bonds. The van der Waals surface area contributed by atoms with Crippen molar-refractivity contribution >= 4 is 22.9 Å². The fourth-order valence-corrected chi connectivity index (χ4v) is 2.45. The van der Waals surface area contributed by atoms with Gasteiger partial charge < -0.3 is 0 Å². The number of aliphatic imine (C=N–C) groups is 1. The summed E-state index contributed by atoms with van der Waals surface area (Å²) in [5.41, 5.74) is 0.782. The summed E-state index contributed by atoms with van der Waals surface area (Å²) in [6, 6.07) is 3.71. The molecule has 114 valence electrons. The Morgan fingerprint density at radius 2 is 1.81 bits per heavy atom. The quantitative estimate of drug-likeness (QED) is 0.636. The van der Waals surface area contributed by atoms with E-state index in [0.717, 1.165) is 11.8 Å². The molecular weight excluding hydrogens is 299 g/mol. The molecule has 1 aromatic carbocycles. The molecule has 5 heteroatoms. The van der Waals surface area contributed by atoms with Gasteiger partial charge in [0.15, 0.2) is 0 Å². The van der Waals surface area contributed by atoms with Gasteiger partial charge in [-0.05, 0) is 41.8 Å². The Kier molecular flexibility index (Phi) is 4.20. The van der Waals surface area contributed by atoms with Crippen LogP contribution in [0.5, 0.6) is 0 Å². The van der Waals surface area contributed by atoms with Crippen LogP contribution in [-0.2, 0) is 6.18 Å². The molecule has 0 bridgehead atoms. The van der Waals surface area contributed by atoms with Gasteiger partial charge in [-0.15, -0.1) is 0 Å². The van der Waals surface area contributed by atoms with Crippen molar-refractivity contribution in [3.63, 3.8) is 0 Å². The molecule has 1 heterocycles. The highest BCUT2D eigenvalue weighted by atomic mass is 35.5. The Morgan fingerprint density at radius 1 is 1.14 bits per heavy atom. The third-order valence-electron chi connectivity index (χ3n) is 3.38. The van der Waals surface area contributed by atoms with Crippen LogP contribution in [0.25, 0.3) is 5.57 Å². The number of rotatable bonds is 1. The van der Waals surface area contributed by atoms with Crippen LogP contribution in [0.1, 0.15) is 38.3 Å². The van der Waals surface area contributed by atoms with Crippen LogP contribution < -0.4 is 0 Å². The van der Waals surface area contributed by atoms with Crippen molar-refractivity contribution in [1.82, 2.24) is 0 Å². The zero-order chi connectivity index (χ0) is 15.8. The summed E-state index contributed by atoms with van der Waals surface area (Å²) in [6.07, 6.45) is -2.13. The van der Waals surface area contributed by atoms with Crippen LogP contribution in [0.3, 0.4) is 0 Å². The summed E-state index contributed by atoms with van der Waals surface area (Å²) in [4.78, 5) is 4.42. The van der Waals surface area contributed by atoms with Crippen molar-refractivity contribution < 1.29 is 13.2 Å². The van der Waals surface area contributed by atoms with Crippen LogP contribution in [-0.4, -0.2) is 12.3 Å². The lowest BCUT2D eigenvalue weighted by molar-refractivity contribution is -0.137. The highest BCUT2D eigenvalue weighted by Gasteiger charge is 2.34. The topological polar surface area (TPSA) is 12.4 Å². The van der Waals surface area contributed by atoms with Gasteiger partial charge in [-0.3, -0.25) is 4.99 Å². The summed E-state index contributed by atoms with van der Waals surface area (Å²) in [5, 5.41) is 0.304. The number of nitrogens with zero attached hydrogens (tertiary/aromatic N) is 1. The minimum absolute atomic E-state index is 0.159. The van der Waals surface area contributed by atoms with E-state index in [1.54, 1.807) is 6.08 Å². The number of alkyl halides is 3. The summed E-state index contributed by atoms with van der Waals surface area (Å²) < 4.78 is 39.5. The van der Waals surface area contributed by atoms with E-state index in [-0.39, 0.29) is 11.0 Å². The molecular formula is C16H17ClF3N. The van der Waals surface area contributed by atoms with E-state index in [1.807, 2.05) is 20.8 Å². The second-order valence-corrected chi connectivity index (χ2v) is 6.56. The molecule has 2 rings (SSSR count). The van der Waals surface area contributed by atoms with E-state index in [9.17, 15) is 13.2 Å². The number of hydrogen-bond donors (Lipinski definition) is 0. The molecule has 1 nitrogen and oxygen atoms in total. The number of hydrogen-bond acceptors (Lipinski definition) is 1. The SMILES string of the molecule is CC(C)(C)C1=NCCC(c2cc(Cl)ccc2C(F)(F)F)=C1. The fourth-order valence-electron chi connectivity index (χ4n) is 2.28. The molecule has 0 saturated carbocycles. The largest absolute Gasteiger partial charge is 0.416 e. The molecule has 0 N–H and O–H groups in total. The molecule has 0 atom stereocenters. The Bertz CT molecular complexity index is 607. The lowest BCUT2D eigenvalue weighted by Gasteiger charge is -2.24. The minimum atomic E-state index is -4.39. The summed E-state index contributed by atoms with van der Waals surface area (Å²) in [7, 11) is 0. The van der Waals surface area contributed by atoms with Crippen molar-refractivity contribution in [2.45, 2.75) is 33.4 Å². The van der Waals surface area contributed by atoms with E-state index in [0.29, 0.717) is 23.6 Å². The first-order valence-electron chi connectivity index (χ1n) is 6.71. The smallest absolute Gasteiger partial charge is 0.289 e. The molecule has 1 aromatic rings. The van der Waals surface area contributed by atoms with Crippen LogP contribution in [0.15, 0.2) is 29.3 Å². The molecule has 0 unspecified atom stereocenters. The average Bonchev–Trinajstić information content (AvgIpc) is 2.36. The molecule has 1 aliphatic rings. The predicted octanol–water partition coefficient (Wildman–Crippen LogP) is 5.63. The first-order valence-corrected chi connectivity index (χ1v) is 7.09. The minimum Gasteiger partial charge on any atom is -0.289 e. The average molecular weight is 316 g/mol. The van der Waals surface area contributed by atoms with Gasteiger partial charge in [0.25, 0.3) is 0 Å². The lowest BCUT2D eigenvalue weighted by atomic mass is 9.85. The second kappa shape index (κ2) is 5.48. The number of dihydropyridines is 1. The molecule has 21 heavy (non-hydrogen) atoms. The van der Waals surface area contributed by atoms with Gasteiger partial charge in [-0.25, -0.2) is 0 Å². The normalized spacial score (nSPS) is 16.5. The molecule has 0 radical (unpaired) electrons. The Balaban J connectivity index is 2.54. The number of allylic oxidation sites excluding steroid dienone is 1. The zero-order valence-corrected chi connectivity index (χ0v) is 12.9. The zero-order valence-electron chi connectivity index (χ0n) is 12.2. The standard InChI is InChI=1S/C16H17ClF3N/c1-15(2,3)14-8-10(6-7-21-14)12-9-11(17)4-5-13(12)16(18,19)20/h4-5,8-9H,6-7H2,1-3H3. The van der Waals surface area contributed by atoms with E-state index in [1.165, 1.54) is 12.1 Å². The van der Waals surface area contributed by atoms with Crippen molar-refractivity contribution in [1.29, 1.82) is 0 Å². The third-order valence-corrected chi connectivity index (χ3v) is 3.61. The summed E-state index contributed by atoms with van der Waals surface area (Å²) >= 11 is 5.89. The second-order valence-electron chi connectivity index (χ2n) is 6.12. The van der Waals surface area contributed by atoms with E-state index in [2.05, 4.69) is 4.99 Å². The van der Waals surface area contributed by atoms with Crippen molar-refractivity contribution in [2.75, 3.05) is 6.54 Å². The number of benzene rings is 1. The summed E-state index contributed by atoms with van der Waals surface area (Å²) in [6.45, 7) is 6.48. The molecule has 0 saturated heterocycles. The highest BCUT2D eigenvalue weighted by Crippen LogP contribution is 2.38. The third kappa shape index (κ3) is 3.67. The van der Waals surface area contributed by atoms with Crippen LogP contribution >= 0.6 is 11.6 Å².